The minimum absolute atomic E-state index is 0.00279. The average Bonchev–Trinajstić information content (AvgIpc) is 3.91. The number of methoxy groups -OCH3 is 2. The highest BCUT2D eigenvalue weighted by atomic mass is 32.2. The molecule has 0 aliphatic carbocycles. The molecule has 9 rings (SSSR count). The number of phenolic OH excluding ortho intramolecular Hbond substituents is 1. The molecule has 27 nitrogen and oxygen atoms in total. The Bertz CT molecular complexity index is 4780. The van der Waals surface area contributed by atoms with E-state index >= 15 is 0 Å². The smallest absolute Gasteiger partial charge is 0.296 e. The summed E-state index contributed by atoms with van der Waals surface area (Å²) in [5.41, 5.74) is 1.58. The molecule has 78 heavy (non-hydrogen) atoms. The van der Waals surface area contributed by atoms with E-state index < -0.39 is 86.5 Å². The third-order valence-electron chi connectivity index (χ3n) is 11.8. The number of azo groups is 3. The van der Waals surface area contributed by atoms with Gasteiger partial charge in [-0.3, -0.25) is 22.8 Å². The second-order valence-corrected chi connectivity index (χ2v) is 23.9. The van der Waals surface area contributed by atoms with Crippen molar-refractivity contribution in [2.24, 2.45) is 30.7 Å². The van der Waals surface area contributed by atoms with Gasteiger partial charge in [0.15, 0.2) is 5.75 Å². The predicted octanol–water partition coefficient (Wildman–Crippen LogP) is 9.70. The predicted molar refractivity (Wildman–Crippen MR) is 277 cm³/mol. The number of rotatable bonds is 14. The number of aryl methyl sites for hydroxylation is 2. The van der Waals surface area contributed by atoms with Crippen molar-refractivity contribution in [3.8, 4) is 22.9 Å². The van der Waals surface area contributed by atoms with Gasteiger partial charge in [0, 0.05) is 33.7 Å². The summed E-state index contributed by atoms with van der Waals surface area (Å²) in [4.78, 5) is -3.06. The van der Waals surface area contributed by atoms with E-state index in [1.807, 2.05) is 0 Å². The normalized spacial score (nSPS) is 13.1. The summed E-state index contributed by atoms with van der Waals surface area (Å²) in [5.74, 6) is -0.651. The summed E-state index contributed by atoms with van der Waals surface area (Å²) >= 11 is 0. The third-order valence-corrected chi connectivity index (χ3v) is 16.1. The van der Waals surface area contributed by atoms with E-state index in [0.29, 0.717) is 34.6 Å². The number of ether oxygens (including phenoxy) is 2. The van der Waals surface area contributed by atoms with Crippen LogP contribution in [0.4, 0.5) is 34.1 Å². The Morgan fingerprint density at radius 2 is 0.949 bits per heavy atom. The molecule has 0 saturated carbocycles. The number of hydrogen-bond acceptors (Lipinski definition) is 21. The standard InChI is InChI=1S/C46H35N9O18S5/c1-22-12-36(23(2)11-35(22)48-47-26-5-7-30-24(13-26)15-28(74(57,58)59)18-41(30)76(63,64)65)49-50-37-20-40(73-4)38(21-39(37)72-3)51-52-45-43(78(69,70)71)16-25-14-27(6-8-31(25)46(45)56)55-53-34-10-9-32-33(44(34)54-55)17-29(75(60,61)62)19-42(32)77(66,67)68/h5-21,56H,1-4H3,(H,57,58,59)(H,60,61,62)(H,63,64,65)(H,66,67,68)(H,69,70,71). The Morgan fingerprint density at radius 1 is 0.449 bits per heavy atom. The van der Waals surface area contributed by atoms with Gasteiger partial charge >= 0.3 is 0 Å². The lowest BCUT2D eigenvalue weighted by molar-refractivity contribution is 0.405. The van der Waals surface area contributed by atoms with Crippen LogP contribution >= 0.6 is 0 Å². The van der Waals surface area contributed by atoms with E-state index in [4.69, 9.17) is 9.47 Å². The maximum atomic E-state index is 12.8. The number of hydrogen-bond donors (Lipinski definition) is 6. The Hall–Kier alpha value is -8.31. The van der Waals surface area contributed by atoms with Gasteiger partial charge in [0.25, 0.3) is 50.6 Å². The molecule has 9 aromatic rings. The number of nitrogens with zero attached hydrogens (tertiary/aromatic N) is 9. The molecule has 0 spiro atoms. The highest BCUT2D eigenvalue weighted by Crippen LogP contribution is 2.45. The molecule has 0 saturated heterocycles. The molecule has 0 aliphatic rings. The number of benzene rings is 8. The van der Waals surface area contributed by atoms with E-state index in [-0.39, 0.29) is 77.6 Å². The second kappa shape index (κ2) is 19.6. The SMILES string of the molecule is COc1cc(N=Nc2c(S(=O)(=O)O)cc3cc(-n4nc5ccc6c(S(=O)(=O)O)cc(S(=O)(=O)O)cc6c5n4)ccc3c2O)c(OC)cc1N=Nc1cc(C)c(N=Nc2ccc3c(S(=O)(=O)O)cc(S(=O)(=O)O)cc3c2)cc1C. The van der Waals surface area contributed by atoms with Crippen LogP contribution in [0.25, 0.3) is 49.0 Å². The number of aromatic nitrogens is 3. The van der Waals surface area contributed by atoms with Gasteiger partial charge in [-0.1, -0.05) is 12.1 Å². The van der Waals surface area contributed by atoms with Gasteiger partial charge in [0.05, 0.1) is 46.8 Å². The van der Waals surface area contributed by atoms with Gasteiger partial charge in [-0.2, -0.15) is 62.2 Å². The average molecular weight is 1160 g/mol. The minimum atomic E-state index is -5.15. The fraction of sp³-hybridized carbons (Fsp3) is 0.0870. The number of fused-ring (bicyclic) bond motifs is 5. The molecule has 1 heterocycles. The van der Waals surface area contributed by atoms with Crippen molar-refractivity contribution in [2.45, 2.75) is 38.3 Å². The molecule has 0 unspecified atom stereocenters. The molecule has 0 aliphatic heterocycles. The molecule has 0 fully saturated rings. The number of phenols is 1. The highest BCUT2D eigenvalue weighted by Gasteiger charge is 2.26. The van der Waals surface area contributed by atoms with Crippen molar-refractivity contribution in [2.75, 3.05) is 14.2 Å². The topological polar surface area (TPSA) is 415 Å². The van der Waals surface area contributed by atoms with Gasteiger partial charge in [0.1, 0.15) is 54.3 Å². The zero-order chi connectivity index (χ0) is 56.6. The van der Waals surface area contributed by atoms with E-state index in [1.54, 1.807) is 26.0 Å². The zero-order valence-electron chi connectivity index (χ0n) is 40.0. The first-order chi connectivity index (χ1) is 36.4. The van der Waals surface area contributed by atoms with Crippen LogP contribution in [0.2, 0.25) is 0 Å². The van der Waals surface area contributed by atoms with Crippen LogP contribution in [0.15, 0.2) is 158 Å². The van der Waals surface area contributed by atoms with Gasteiger partial charge in [-0.25, -0.2) is 0 Å². The van der Waals surface area contributed by atoms with Crippen LogP contribution in [0.1, 0.15) is 11.1 Å². The first kappa shape index (κ1) is 54.5. The van der Waals surface area contributed by atoms with Crippen LogP contribution in [-0.2, 0) is 50.6 Å². The molecule has 0 radical (unpaired) electrons. The second-order valence-electron chi connectivity index (χ2n) is 16.8. The van der Waals surface area contributed by atoms with Crippen LogP contribution in [0, 0.1) is 13.8 Å². The first-order valence-electron chi connectivity index (χ1n) is 21.6. The molecular formula is C46H35N9O18S5. The monoisotopic (exact) mass is 1160 g/mol. The Balaban J connectivity index is 1.01. The third kappa shape index (κ3) is 10.7. The fourth-order valence-electron chi connectivity index (χ4n) is 8.05. The summed E-state index contributed by atoms with van der Waals surface area (Å²) in [7, 11) is -22.3. The van der Waals surface area contributed by atoms with Crippen LogP contribution in [0.5, 0.6) is 17.2 Å². The summed E-state index contributed by atoms with van der Waals surface area (Å²) < 4.78 is 182. The van der Waals surface area contributed by atoms with Gasteiger partial charge in [-0.15, -0.1) is 25.5 Å². The Morgan fingerprint density at radius 3 is 1.51 bits per heavy atom. The molecule has 8 aromatic carbocycles. The van der Waals surface area contributed by atoms with Crippen molar-refractivity contribution in [1.82, 2.24) is 15.0 Å². The molecule has 6 N–H and O–H groups in total. The number of aromatic hydroxyl groups is 1. The van der Waals surface area contributed by atoms with Crippen molar-refractivity contribution in [3.63, 3.8) is 0 Å². The van der Waals surface area contributed by atoms with Crippen LogP contribution in [-0.4, -0.2) is 99.2 Å². The van der Waals surface area contributed by atoms with Gasteiger partial charge in [0.2, 0.25) is 0 Å². The first-order valence-corrected chi connectivity index (χ1v) is 28.8. The lowest BCUT2D eigenvalue weighted by Crippen LogP contribution is -2.04. The van der Waals surface area contributed by atoms with Crippen molar-refractivity contribution in [3.05, 3.63) is 114 Å². The highest BCUT2D eigenvalue weighted by molar-refractivity contribution is 7.87. The van der Waals surface area contributed by atoms with Crippen molar-refractivity contribution >= 4 is 128 Å². The molecule has 32 heteroatoms. The summed E-state index contributed by atoms with van der Waals surface area (Å²) in [6.07, 6.45) is 0. The Kier molecular flexibility index (Phi) is 13.7. The minimum Gasteiger partial charge on any atom is -0.505 e. The Labute approximate surface area is 440 Å². The summed E-state index contributed by atoms with van der Waals surface area (Å²) in [6, 6.07) is 20.8. The van der Waals surface area contributed by atoms with Crippen molar-refractivity contribution < 1.29 is 79.4 Å². The van der Waals surface area contributed by atoms with Crippen LogP contribution < -0.4 is 9.47 Å². The molecule has 0 amide bonds. The van der Waals surface area contributed by atoms with E-state index in [9.17, 15) is 70.0 Å². The zero-order valence-corrected chi connectivity index (χ0v) is 44.0. The molecule has 0 bridgehead atoms. The summed E-state index contributed by atoms with van der Waals surface area (Å²) in [5, 5.41) is 45.2. The fourth-order valence-corrected chi connectivity index (χ4v) is 11.4. The van der Waals surface area contributed by atoms with Gasteiger partial charge < -0.3 is 14.6 Å². The summed E-state index contributed by atoms with van der Waals surface area (Å²) in [6.45, 7) is 3.42. The molecule has 402 valence electrons. The maximum absolute atomic E-state index is 12.8. The van der Waals surface area contributed by atoms with Crippen LogP contribution in [0.3, 0.4) is 0 Å². The lowest BCUT2D eigenvalue weighted by atomic mass is 10.1. The largest absolute Gasteiger partial charge is 0.505 e. The quantitative estimate of drug-likeness (QED) is 0.0435. The molecule has 1 aromatic heterocycles. The molecule has 0 atom stereocenters. The van der Waals surface area contributed by atoms with E-state index in [1.165, 1.54) is 74.9 Å². The van der Waals surface area contributed by atoms with E-state index in [2.05, 4.69) is 40.9 Å². The molecular weight excluding hydrogens is 1130 g/mol. The lowest BCUT2D eigenvalue weighted by Gasteiger charge is -2.11. The van der Waals surface area contributed by atoms with E-state index in [0.717, 1.165) is 23.0 Å². The van der Waals surface area contributed by atoms with Gasteiger partial charge in [-0.05, 0) is 115 Å². The maximum Gasteiger partial charge on any atom is 0.296 e. The van der Waals surface area contributed by atoms with Crippen molar-refractivity contribution in [1.29, 1.82) is 0 Å².